The van der Waals surface area contributed by atoms with Gasteiger partial charge < -0.3 is 39.4 Å². The molecule has 56 heavy (non-hydrogen) atoms. The molecular weight excluding hydrogens is 712 g/mol. The van der Waals surface area contributed by atoms with E-state index in [2.05, 4.69) is 68.5 Å². The summed E-state index contributed by atoms with van der Waals surface area (Å²) >= 11 is 0. The van der Waals surface area contributed by atoms with Crippen LogP contribution in [0, 0.1) is 0 Å². The van der Waals surface area contributed by atoms with E-state index in [1.54, 1.807) is 6.08 Å². The van der Waals surface area contributed by atoms with Crippen molar-refractivity contribution in [2.24, 2.45) is 0 Å². The second-order valence-electron chi connectivity index (χ2n) is 14.4. The largest absolute Gasteiger partial charge is 0.462 e. The van der Waals surface area contributed by atoms with Gasteiger partial charge >= 0.3 is 11.9 Å². The molecular formula is C46H76O10. The first-order valence-corrected chi connectivity index (χ1v) is 21.5. The summed E-state index contributed by atoms with van der Waals surface area (Å²) in [4.78, 5) is 25.2. The molecule has 1 rings (SSSR count). The highest BCUT2D eigenvalue weighted by atomic mass is 16.7. The highest BCUT2D eigenvalue weighted by Crippen LogP contribution is 2.22. The van der Waals surface area contributed by atoms with E-state index in [0.717, 1.165) is 57.8 Å². The molecule has 0 aromatic carbocycles. The molecule has 0 aliphatic carbocycles. The van der Waals surface area contributed by atoms with E-state index in [4.69, 9.17) is 18.9 Å². The van der Waals surface area contributed by atoms with E-state index < -0.39 is 55.4 Å². The molecule has 1 saturated heterocycles. The van der Waals surface area contributed by atoms with Crippen LogP contribution in [0.3, 0.4) is 0 Å². The molecule has 1 aliphatic rings. The first-order valence-electron chi connectivity index (χ1n) is 21.5. The summed E-state index contributed by atoms with van der Waals surface area (Å²) in [7, 11) is 0. The van der Waals surface area contributed by atoms with Crippen LogP contribution < -0.4 is 0 Å². The number of carbonyl (C=O) groups excluding carboxylic acids is 2. The van der Waals surface area contributed by atoms with Crippen molar-refractivity contribution in [3.63, 3.8) is 0 Å². The van der Waals surface area contributed by atoms with E-state index in [1.807, 2.05) is 12.2 Å². The second-order valence-corrected chi connectivity index (χ2v) is 14.4. The zero-order chi connectivity index (χ0) is 40.9. The van der Waals surface area contributed by atoms with Crippen LogP contribution in [0.1, 0.15) is 149 Å². The lowest BCUT2D eigenvalue weighted by Crippen LogP contribution is -2.59. The molecule has 4 N–H and O–H groups in total. The Morgan fingerprint density at radius 1 is 0.589 bits per heavy atom. The molecule has 0 bridgehead atoms. The molecule has 1 fully saturated rings. The summed E-state index contributed by atoms with van der Waals surface area (Å²) in [6.07, 6.45) is 37.9. The first-order chi connectivity index (χ1) is 27.3. The average molecular weight is 789 g/mol. The molecule has 0 aromatic rings. The maximum Gasteiger partial charge on any atom is 0.310 e. The average Bonchev–Trinajstić information content (AvgIpc) is 3.19. The quantitative estimate of drug-likeness (QED) is 0.0283. The number of hydrogen-bond donors (Lipinski definition) is 4. The minimum Gasteiger partial charge on any atom is -0.462 e. The molecule has 10 heteroatoms. The van der Waals surface area contributed by atoms with Gasteiger partial charge in [-0.15, -0.1) is 0 Å². The highest BCUT2D eigenvalue weighted by Gasteiger charge is 2.44. The number of hydrogen-bond acceptors (Lipinski definition) is 10. The second kappa shape index (κ2) is 36.5. The summed E-state index contributed by atoms with van der Waals surface area (Å²) in [6.45, 7) is 3.18. The van der Waals surface area contributed by atoms with E-state index in [0.29, 0.717) is 12.8 Å². The lowest BCUT2D eigenvalue weighted by molar-refractivity contribution is -0.305. The number of aliphatic hydroxyl groups is 4. The van der Waals surface area contributed by atoms with Crippen LogP contribution in [0.2, 0.25) is 0 Å². The summed E-state index contributed by atoms with van der Waals surface area (Å²) in [6, 6.07) is 0. The maximum absolute atomic E-state index is 12.7. The Morgan fingerprint density at radius 2 is 1.11 bits per heavy atom. The van der Waals surface area contributed by atoms with Crippen LogP contribution in [-0.4, -0.2) is 89.0 Å². The Bertz CT molecular complexity index is 1140. The number of allylic oxidation sites excluding steroid dienone is 11. The molecule has 0 spiro atoms. The zero-order valence-corrected chi connectivity index (χ0v) is 34.6. The van der Waals surface area contributed by atoms with Gasteiger partial charge in [-0.05, 0) is 64.2 Å². The van der Waals surface area contributed by atoms with E-state index in [1.165, 1.54) is 51.4 Å². The maximum atomic E-state index is 12.7. The van der Waals surface area contributed by atoms with Crippen molar-refractivity contribution in [1.29, 1.82) is 0 Å². The smallest absolute Gasteiger partial charge is 0.310 e. The van der Waals surface area contributed by atoms with Crippen molar-refractivity contribution in [1.82, 2.24) is 0 Å². The lowest BCUT2D eigenvalue weighted by atomic mass is 9.99. The molecule has 320 valence electrons. The predicted molar refractivity (Wildman–Crippen MR) is 224 cm³/mol. The molecule has 0 aromatic heterocycles. The van der Waals surface area contributed by atoms with Crippen molar-refractivity contribution in [3.8, 4) is 0 Å². The molecule has 10 nitrogen and oxygen atoms in total. The van der Waals surface area contributed by atoms with Crippen molar-refractivity contribution in [3.05, 3.63) is 72.9 Å². The minimum atomic E-state index is -1.61. The Labute approximate surface area is 338 Å². The van der Waals surface area contributed by atoms with Crippen molar-refractivity contribution < 1.29 is 49.0 Å². The van der Waals surface area contributed by atoms with Gasteiger partial charge in [-0.25, -0.2) is 0 Å². The third-order valence-electron chi connectivity index (χ3n) is 9.36. The molecule has 0 saturated carbocycles. The Morgan fingerprint density at radius 3 is 1.66 bits per heavy atom. The van der Waals surface area contributed by atoms with Crippen LogP contribution >= 0.6 is 0 Å². The van der Waals surface area contributed by atoms with Crippen LogP contribution in [0.25, 0.3) is 0 Å². The van der Waals surface area contributed by atoms with Gasteiger partial charge in [0.1, 0.15) is 31.0 Å². The number of unbranched alkanes of at least 4 members (excludes halogenated alkanes) is 12. The number of esters is 2. The molecule has 0 amide bonds. The summed E-state index contributed by atoms with van der Waals surface area (Å²) in [5, 5.41) is 40.0. The fraction of sp³-hybridized carbons (Fsp3) is 0.696. The lowest BCUT2D eigenvalue weighted by Gasteiger charge is -2.39. The van der Waals surface area contributed by atoms with Gasteiger partial charge in [0.25, 0.3) is 0 Å². The van der Waals surface area contributed by atoms with Gasteiger partial charge in [-0.2, -0.15) is 0 Å². The molecule has 0 radical (unpaired) electrons. The molecule has 1 aliphatic heterocycles. The van der Waals surface area contributed by atoms with Gasteiger partial charge in [0, 0.05) is 6.42 Å². The predicted octanol–water partition coefficient (Wildman–Crippen LogP) is 8.83. The summed E-state index contributed by atoms with van der Waals surface area (Å²) in [5.41, 5.74) is 0. The van der Waals surface area contributed by atoms with Crippen molar-refractivity contribution >= 4 is 11.9 Å². The van der Waals surface area contributed by atoms with Crippen molar-refractivity contribution in [2.45, 2.75) is 185 Å². The fourth-order valence-corrected chi connectivity index (χ4v) is 5.96. The topological polar surface area (TPSA) is 152 Å². The summed E-state index contributed by atoms with van der Waals surface area (Å²) in [5.74, 6) is -0.970. The van der Waals surface area contributed by atoms with E-state index in [9.17, 15) is 30.0 Å². The number of aliphatic hydroxyl groups excluding tert-OH is 4. The van der Waals surface area contributed by atoms with Crippen LogP contribution in [0.5, 0.6) is 0 Å². The summed E-state index contributed by atoms with van der Waals surface area (Å²) < 4.78 is 22.0. The SMILES string of the molecule is CC/C=C\C/C=C\C/C=C\C/C=C\C/C=C\CC(=O)OC(COC(=O)CCCCCCC/C=C\CCCCCCCCC)COC1OC(CO)C(O)C(O)C1O. The third-order valence-corrected chi connectivity index (χ3v) is 9.36. The van der Waals surface area contributed by atoms with Gasteiger partial charge in [-0.1, -0.05) is 145 Å². The Balaban J connectivity index is 2.42. The fourth-order valence-electron chi connectivity index (χ4n) is 5.96. The van der Waals surface area contributed by atoms with Crippen LogP contribution in [0.4, 0.5) is 0 Å². The van der Waals surface area contributed by atoms with E-state index >= 15 is 0 Å². The number of rotatable bonds is 34. The van der Waals surface area contributed by atoms with Crippen molar-refractivity contribution in [2.75, 3.05) is 19.8 Å². The molecule has 1 heterocycles. The standard InChI is InChI=1S/C46H76O10/c1-3-5-7-9-11-13-15-17-19-21-22-24-26-28-30-32-34-41(48)53-37-39(38-54-46-45(52)44(51)43(50)40(36-47)56-46)55-42(49)35-33-31-29-27-25-23-20-18-16-14-12-10-8-6-4-2/h6,8,12,14,18-21,25,27,31,33,39-40,43-47,50-52H,3-5,7,9-11,13,15-17,22-24,26,28-30,32,34-38H2,1-2H3/b8-6-,14-12-,20-18-,21-19-,27-25-,33-31-. The molecule has 6 atom stereocenters. The van der Waals surface area contributed by atoms with Crippen LogP contribution in [-0.2, 0) is 28.5 Å². The van der Waals surface area contributed by atoms with Gasteiger partial charge in [-0.3, -0.25) is 9.59 Å². The highest BCUT2D eigenvalue weighted by molar-refractivity contribution is 5.71. The first kappa shape index (κ1) is 51.2. The normalized spacial score (nSPS) is 21.1. The third kappa shape index (κ3) is 27.7. The van der Waals surface area contributed by atoms with Gasteiger partial charge in [0.05, 0.1) is 19.6 Å². The number of carbonyl (C=O) groups is 2. The van der Waals surface area contributed by atoms with E-state index in [-0.39, 0.29) is 26.1 Å². The number of ether oxygens (including phenoxy) is 4. The minimum absolute atomic E-state index is 0.00694. The van der Waals surface area contributed by atoms with Gasteiger partial charge in [0.15, 0.2) is 12.4 Å². The molecule has 6 unspecified atom stereocenters. The van der Waals surface area contributed by atoms with Gasteiger partial charge in [0.2, 0.25) is 0 Å². The Kier molecular flexibility index (Phi) is 33.3. The Hall–Kier alpha value is -2.86. The van der Waals surface area contributed by atoms with Crippen LogP contribution in [0.15, 0.2) is 72.9 Å². The zero-order valence-electron chi connectivity index (χ0n) is 34.6. The monoisotopic (exact) mass is 789 g/mol.